The maximum atomic E-state index is 10.9. The summed E-state index contributed by atoms with van der Waals surface area (Å²) >= 11 is 1.93. The Morgan fingerprint density at radius 1 is 1.69 bits per heavy atom. The molecular formula is C9H17NO2S. The normalized spacial score (nSPS) is 28.5. The summed E-state index contributed by atoms with van der Waals surface area (Å²) in [6, 6.07) is 0.283. The van der Waals surface area contributed by atoms with Crippen LogP contribution in [-0.2, 0) is 9.53 Å². The van der Waals surface area contributed by atoms with E-state index in [0.717, 1.165) is 24.3 Å². The summed E-state index contributed by atoms with van der Waals surface area (Å²) in [5, 5.41) is 0. The first-order valence-corrected chi connectivity index (χ1v) is 5.79. The number of nitrogens with two attached hydrogens (primary N) is 1. The first-order valence-electron chi connectivity index (χ1n) is 4.64. The van der Waals surface area contributed by atoms with Crippen LogP contribution in [-0.4, -0.2) is 30.6 Å². The van der Waals surface area contributed by atoms with Gasteiger partial charge in [0.1, 0.15) is 0 Å². The van der Waals surface area contributed by atoms with Gasteiger partial charge in [-0.1, -0.05) is 0 Å². The first-order chi connectivity index (χ1) is 6.24. The zero-order chi connectivity index (χ0) is 9.68. The molecule has 2 N–H and O–H groups in total. The van der Waals surface area contributed by atoms with Crippen molar-refractivity contribution in [3.8, 4) is 0 Å². The van der Waals surface area contributed by atoms with Crippen LogP contribution in [0.1, 0.15) is 19.3 Å². The van der Waals surface area contributed by atoms with Gasteiger partial charge in [0.05, 0.1) is 7.11 Å². The topological polar surface area (TPSA) is 52.3 Å². The molecule has 0 saturated carbocycles. The Morgan fingerprint density at radius 2 is 2.46 bits per heavy atom. The number of rotatable bonds is 3. The third kappa shape index (κ3) is 3.56. The average molecular weight is 203 g/mol. The Kier molecular flexibility index (Phi) is 4.59. The van der Waals surface area contributed by atoms with Crippen LogP contribution < -0.4 is 5.73 Å². The Balaban J connectivity index is 2.22. The van der Waals surface area contributed by atoms with Crippen molar-refractivity contribution < 1.29 is 9.53 Å². The number of hydrogen-bond acceptors (Lipinski definition) is 4. The SMILES string of the molecule is COC(=O)CCC1CSCCC1N. The maximum absolute atomic E-state index is 10.9. The van der Waals surface area contributed by atoms with E-state index in [4.69, 9.17) is 5.73 Å². The number of esters is 1. The summed E-state index contributed by atoms with van der Waals surface area (Å²) in [7, 11) is 1.43. The Hall–Kier alpha value is -0.220. The van der Waals surface area contributed by atoms with Crippen LogP contribution >= 0.6 is 11.8 Å². The monoisotopic (exact) mass is 203 g/mol. The van der Waals surface area contributed by atoms with Crippen molar-refractivity contribution in [3.05, 3.63) is 0 Å². The van der Waals surface area contributed by atoms with Crippen LogP contribution in [0.2, 0.25) is 0 Å². The zero-order valence-electron chi connectivity index (χ0n) is 7.99. The predicted molar refractivity (Wildman–Crippen MR) is 54.7 cm³/mol. The number of thioether (sulfide) groups is 1. The molecule has 0 aromatic heterocycles. The highest BCUT2D eigenvalue weighted by Crippen LogP contribution is 2.25. The van der Waals surface area contributed by atoms with E-state index in [9.17, 15) is 4.79 Å². The van der Waals surface area contributed by atoms with Gasteiger partial charge < -0.3 is 10.5 Å². The smallest absolute Gasteiger partial charge is 0.305 e. The second-order valence-electron chi connectivity index (χ2n) is 3.40. The molecule has 0 amide bonds. The van der Waals surface area contributed by atoms with Crippen molar-refractivity contribution in [2.75, 3.05) is 18.6 Å². The Morgan fingerprint density at radius 3 is 3.08 bits per heavy atom. The summed E-state index contributed by atoms with van der Waals surface area (Å²) in [6.07, 6.45) is 2.47. The highest BCUT2D eigenvalue weighted by Gasteiger charge is 2.22. The van der Waals surface area contributed by atoms with Crippen molar-refractivity contribution in [1.29, 1.82) is 0 Å². The number of ether oxygens (including phenoxy) is 1. The fraction of sp³-hybridized carbons (Fsp3) is 0.889. The lowest BCUT2D eigenvalue weighted by Gasteiger charge is -2.27. The van der Waals surface area contributed by atoms with Crippen LogP contribution in [0.3, 0.4) is 0 Å². The van der Waals surface area contributed by atoms with Gasteiger partial charge in [-0.15, -0.1) is 0 Å². The second kappa shape index (κ2) is 5.50. The van der Waals surface area contributed by atoms with Crippen LogP contribution in [0.4, 0.5) is 0 Å². The summed E-state index contributed by atoms with van der Waals surface area (Å²) < 4.78 is 4.59. The molecule has 0 radical (unpaired) electrons. The van der Waals surface area contributed by atoms with Gasteiger partial charge in [0.15, 0.2) is 0 Å². The van der Waals surface area contributed by atoms with Crippen molar-refractivity contribution in [1.82, 2.24) is 0 Å². The van der Waals surface area contributed by atoms with Crippen molar-refractivity contribution in [3.63, 3.8) is 0 Å². The predicted octanol–water partition coefficient (Wildman–Crippen LogP) is 1.02. The summed E-state index contributed by atoms with van der Waals surface area (Å²) in [4.78, 5) is 10.9. The van der Waals surface area contributed by atoms with Crippen LogP contribution in [0.15, 0.2) is 0 Å². The third-order valence-corrected chi connectivity index (χ3v) is 3.67. The number of methoxy groups -OCH3 is 1. The van der Waals surface area contributed by atoms with Gasteiger partial charge in [0, 0.05) is 12.5 Å². The number of carbonyl (C=O) groups is 1. The fourth-order valence-corrected chi connectivity index (χ4v) is 2.84. The molecule has 0 aliphatic carbocycles. The van der Waals surface area contributed by atoms with E-state index in [-0.39, 0.29) is 12.0 Å². The largest absolute Gasteiger partial charge is 0.469 e. The molecule has 1 fully saturated rings. The van der Waals surface area contributed by atoms with Gasteiger partial charge in [-0.05, 0) is 30.3 Å². The maximum Gasteiger partial charge on any atom is 0.305 e. The molecule has 1 aliphatic rings. The quantitative estimate of drug-likeness (QED) is 0.696. The van der Waals surface area contributed by atoms with Gasteiger partial charge >= 0.3 is 5.97 Å². The van der Waals surface area contributed by atoms with E-state index < -0.39 is 0 Å². The summed E-state index contributed by atoms with van der Waals surface area (Å²) in [5.74, 6) is 2.63. The lowest BCUT2D eigenvalue weighted by molar-refractivity contribution is -0.140. The van der Waals surface area contributed by atoms with Gasteiger partial charge in [-0.3, -0.25) is 4.79 Å². The van der Waals surface area contributed by atoms with Crippen molar-refractivity contribution in [2.24, 2.45) is 11.7 Å². The number of hydrogen-bond donors (Lipinski definition) is 1. The van der Waals surface area contributed by atoms with E-state index in [2.05, 4.69) is 4.74 Å². The van der Waals surface area contributed by atoms with Crippen LogP contribution in [0.5, 0.6) is 0 Å². The molecule has 1 heterocycles. The lowest BCUT2D eigenvalue weighted by Crippen LogP contribution is -2.35. The molecule has 0 bridgehead atoms. The highest BCUT2D eigenvalue weighted by atomic mass is 32.2. The highest BCUT2D eigenvalue weighted by molar-refractivity contribution is 7.99. The summed E-state index contributed by atoms with van der Waals surface area (Å²) in [6.45, 7) is 0. The molecule has 1 saturated heterocycles. The Labute approximate surface area is 83.4 Å². The molecule has 76 valence electrons. The van der Waals surface area contributed by atoms with Crippen LogP contribution in [0, 0.1) is 5.92 Å². The van der Waals surface area contributed by atoms with E-state index in [1.165, 1.54) is 7.11 Å². The van der Waals surface area contributed by atoms with E-state index in [1.54, 1.807) is 0 Å². The molecule has 4 heteroatoms. The van der Waals surface area contributed by atoms with Crippen molar-refractivity contribution in [2.45, 2.75) is 25.3 Å². The second-order valence-corrected chi connectivity index (χ2v) is 4.55. The van der Waals surface area contributed by atoms with Crippen LogP contribution in [0.25, 0.3) is 0 Å². The molecule has 1 aliphatic heterocycles. The molecule has 13 heavy (non-hydrogen) atoms. The molecule has 2 atom stereocenters. The first kappa shape index (κ1) is 10.9. The van der Waals surface area contributed by atoms with Gasteiger partial charge in [-0.2, -0.15) is 11.8 Å². The molecule has 0 spiro atoms. The number of carbonyl (C=O) groups excluding carboxylic acids is 1. The minimum Gasteiger partial charge on any atom is -0.469 e. The fourth-order valence-electron chi connectivity index (χ4n) is 1.52. The Bertz CT molecular complexity index is 175. The van der Waals surface area contributed by atoms with Gasteiger partial charge in [0.25, 0.3) is 0 Å². The van der Waals surface area contributed by atoms with E-state index in [0.29, 0.717) is 12.3 Å². The average Bonchev–Trinajstić information content (AvgIpc) is 2.16. The minimum absolute atomic E-state index is 0.122. The van der Waals surface area contributed by atoms with E-state index in [1.807, 2.05) is 11.8 Å². The molecule has 0 aromatic carbocycles. The summed E-state index contributed by atoms with van der Waals surface area (Å²) in [5.41, 5.74) is 5.94. The third-order valence-electron chi connectivity index (χ3n) is 2.48. The van der Waals surface area contributed by atoms with Crippen molar-refractivity contribution >= 4 is 17.7 Å². The molecule has 1 rings (SSSR count). The standard InChI is InChI=1S/C9H17NO2S/c1-12-9(11)3-2-7-6-13-5-4-8(7)10/h7-8H,2-6,10H2,1H3. The molecule has 0 aromatic rings. The van der Waals surface area contributed by atoms with E-state index >= 15 is 0 Å². The van der Waals surface area contributed by atoms with Gasteiger partial charge in [0.2, 0.25) is 0 Å². The molecule has 3 nitrogen and oxygen atoms in total. The lowest BCUT2D eigenvalue weighted by atomic mass is 9.95. The van der Waals surface area contributed by atoms with Gasteiger partial charge in [-0.25, -0.2) is 0 Å². The minimum atomic E-state index is -0.122. The zero-order valence-corrected chi connectivity index (χ0v) is 8.81. The molecule has 2 unspecified atom stereocenters. The molecular weight excluding hydrogens is 186 g/mol.